The van der Waals surface area contributed by atoms with Crippen molar-refractivity contribution in [3.05, 3.63) is 58.1 Å². The van der Waals surface area contributed by atoms with E-state index in [0.717, 1.165) is 5.56 Å². The highest BCUT2D eigenvalue weighted by atomic mass is 79.9. The SMILES string of the molecule is COC(=O)[C@H](C)[C@@H](NC(=O)c1cc(Br)c2c(c1)OCCO2)c1ccccc1. The van der Waals surface area contributed by atoms with E-state index in [1.807, 2.05) is 30.3 Å². The molecule has 0 aromatic heterocycles. The van der Waals surface area contributed by atoms with Crippen LogP contribution in [0.5, 0.6) is 11.5 Å². The molecule has 3 rings (SSSR count). The zero-order valence-corrected chi connectivity index (χ0v) is 16.6. The second kappa shape index (κ2) is 8.43. The maximum Gasteiger partial charge on any atom is 0.310 e. The van der Waals surface area contributed by atoms with Gasteiger partial charge < -0.3 is 19.5 Å². The van der Waals surface area contributed by atoms with E-state index in [0.29, 0.717) is 34.7 Å². The van der Waals surface area contributed by atoms with Crippen LogP contribution >= 0.6 is 15.9 Å². The quantitative estimate of drug-likeness (QED) is 0.730. The zero-order chi connectivity index (χ0) is 19.4. The molecular weight excluding hydrogens is 414 g/mol. The normalized spacial score (nSPS) is 14.8. The van der Waals surface area contributed by atoms with Gasteiger partial charge in [0.1, 0.15) is 13.2 Å². The van der Waals surface area contributed by atoms with Crippen molar-refractivity contribution in [2.24, 2.45) is 5.92 Å². The minimum Gasteiger partial charge on any atom is -0.486 e. The summed E-state index contributed by atoms with van der Waals surface area (Å²) in [4.78, 5) is 25.0. The van der Waals surface area contributed by atoms with Crippen molar-refractivity contribution >= 4 is 27.8 Å². The second-order valence-corrected chi connectivity index (χ2v) is 7.01. The van der Waals surface area contributed by atoms with Gasteiger partial charge in [-0.15, -0.1) is 0 Å². The zero-order valence-electron chi connectivity index (χ0n) is 15.0. The van der Waals surface area contributed by atoms with Gasteiger partial charge in [-0.25, -0.2) is 0 Å². The summed E-state index contributed by atoms with van der Waals surface area (Å²) in [5.74, 6) is -0.176. The fourth-order valence-electron chi connectivity index (χ4n) is 2.95. The van der Waals surface area contributed by atoms with Gasteiger partial charge in [0.15, 0.2) is 11.5 Å². The molecule has 6 nitrogen and oxygen atoms in total. The second-order valence-electron chi connectivity index (χ2n) is 6.16. The molecule has 0 radical (unpaired) electrons. The predicted octanol–water partition coefficient (Wildman–Crippen LogP) is 3.50. The molecule has 7 heteroatoms. The lowest BCUT2D eigenvalue weighted by Crippen LogP contribution is -2.36. The van der Waals surface area contributed by atoms with E-state index in [-0.39, 0.29) is 5.91 Å². The Balaban J connectivity index is 1.88. The number of ether oxygens (including phenoxy) is 3. The van der Waals surface area contributed by atoms with E-state index < -0.39 is 17.9 Å². The summed E-state index contributed by atoms with van der Waals surface area (Å²) in [6.45, 7) is 2.61. The Morgan fingerprint density at radius 2 is 1.85 bits per heavy atom. The van der Waals surface area contributed by atoms with Crippen molar-refractivity contribution in [3.8, 4) is 11.5 Å². The standard InChI is InChI=1S/C20H20BrNO5/c1-12(20(24)25-2)17(13-6-4-3-5-7-13)22-19(23)14-10-15(21)18-16(11-14)26-8-9-27-18/h3-7,10-12,17H,8-9H2,1-2H3,(H,22,23)/t12-,17-/m1/s1. The Morgan fingerprint density at radius 1 is 1.15 bits per heavy atom. The number of esters is 1. The van der Waals surface area contributed by atoms with E-state index in [1.54, 1.807) is 19.1 Å². The van der Waals surface area contributed by atoms with Crippen LogP contribution in [0, 0.1) is 5.92 Å². The molecule has 1 N–H and O–H groups in total. The number of amides is 1. The van der Waals surface area contributed by atoms with Gasteiger partial charge in [-0.05, 0) is 40.5 Å². The number of halogens is 1. The lowest BCUT2D eigenvalue weighted by atomic mass is 9.94. The average Bonchev–Trinajstić information content (AvgIpc) is 2.71. The lowest BCUT2D eigenvalue weighted by molar-refractivity contribution is -0.145. The highest BCUT2D eigenvalue weighted by molar-refractivity contribution is 9.10. The van der Waals surface area contributed by atoms with Gasteiger partial charge >= 0.3 is 5.97 Å². The molecule has 1 amide bonds. The Labute approximate surface area is 165 Å². The minimum atomic E-state index is -0.554. The molecule has 0 unspecified atom stereocenters. The molecule has 0 bridgehead atoms. The Bertz CT molecular complexity index is 840. The van der Waals surface area contributed by atoms with Crippen LogP contribution in [0.1, 0.15) is 28.9 Å². The summed E-state index contributed by atoms with van der Waals surface area (Å²) < 4.78 is 16.6. The molecule has 27 heavy (non-hydrogen) atoms. The first-order valence-electron chi connectivity index (χ1n) is 8.54. The maximum absolute atomic E-state index is 12.9. The number of rotatable bonds is 5. The first-order valence-corrected chi connectivity index (χ1v) is 9.33. The van der Waals surface area contributed by atoms with Crippen LogP contribution in [-0.2, 0) is 9.53 Å². The van der Waals surface area contributed by atoms with Gasteiger partial charge in [0.05, 0.1) is 23.5 Å². The van der Waals surface area contributed by atoms with Crippen molar-refractivity contribution in [2.45, 2.75) is 13.0 Å². The van der Waals surface area contributed by atoms with Crippen LogP contribution in [0.25, 0.3) is 0 Å². The highest BCUT2D eigenvalue weighted by Gasteiger charge is 2.29. The largest absolute Gasteiger partial charge is 0.486 e. The van der Waals surface area contributed by atoms with Crippen LogP contribution in [0.15, 0.2) is 46.9 Å². The average molecular weight is 434 g/mol. The first kappa shape index (κ1) is 19.2. The molecule has 142 valence electrons. The number of hydrogen-bond donors (Lipinski definition) is 1. The Kier molecular flexibility index (Phi) is 6.01. The third kappa shape index (κ3) is 4.24. The monoisotopic (exact) mass is 433 g/mol. The number of methoxy groups -OCH3 is 1. The molecule has 0 fully saturated rings. The number of fused-ring (bicyclic) bond motifs is 1. The van der Waals surface area contributed by atoms with Crippen molar-refractivity contribution < 1.29 is 23.8 Å². The number of carbonyl (C=O) groups excluding carboxylic acids is 2. The number of carbonyl (C=O) groups is 2. The van der Waals surface area contributed by atoms with Crippen molar-refractivity contribution in [2.75, 3.05) is 20.3 Å². The predicted molar refractivity (Wildman–Crippen MR) is 103 cm³/mol. The van der Waals surface area contributed by atoms with Gasteiger partial charge in [-0.2, -0.15) is 0 Å². The van der Waals surface area contributed by atoms with E-state index in [1.165, 1.54) is 7.11 Å². The molecule has 0 spiro atoms. The number of nitrogens with one attached hydrogen (secondary N) is 1. The fraction of sp³-hybridized carbons (Fsp3) is 0.300. The van der Waals surface area contributed by atoms with Crippen LogP contribution in [0.2, 0.25) is 0 Å². The Hall–Kier alpha value is -2.54. The summed E-state index contributed by atoms with van der Waals surface area (Å²) in [5.41, 5.74) is 1.23. The smallest absolute Gasteiger partial charge is 0.310 e. The van der Waals surface area contributed by atoms with Gasteiger partial charge in [-0.1, -0.05) is 30.3 Å². The van der Waals surface area contributed by atoms with Crippen LogP contribution in [0.4, 0.5) is 0 Å². The van der Waals surface area contributed by atoms with Crippen molar-refractivity contribution in [3.63, 3.8) is 0 Å². The summed E-state index contributed by atoms with van der Waals surface area (Å²) in [7, 11) is 1.33. The maximum atomic E-state index is 12.9. The molecule has 2 aromatic carbocycles. The minimum absolute atomic E-state index is 0.322. The molecule has 2 aromatic rings. The van der Waals surface area contributed by atoms with Crippen molar-refractivity contribution in [1.82, 2.24) is 5.32 Å². The molecule has 0 aliphatic carbocycles. The van der Waals surface area contributed by atoms with Crippen LogP contribution in [0.3, 0.4) is 0 Å². The number of benzene rings is 2. The van der Waals surface area contributed by atoms with Crippen LogP contribution in [-0.4, -0.2) is 32.2 Å². The third-order valence-electron chi connectivity index (χ3n) is 4.38. The topological polar surface area (TPSA) is 73.9 Å². The summed E-state index contributed by atoms with van der Waals surface area (Å²) in [6, 6.07) is 12.1. The third-order valence-corrected chi connectivity index (χ3v) is 4.97. The molecule has 2 atom stereocenters. The summed E-state index contributed by atoms with van der Waals surface area (Å²) >= 11 is 3.42. The van der Waals surface area contributed by atoms with Gasteiger partial charge in [0.2, 0.25) is 0 Å². The van der Waals surface area contributed by atoms with Crippen molar-refractivity contribution in [1.29, 1.82) is 0 Å². The van der Waals surface area contributed by atoms with E-state index in [2.05, 4.69) is 21.2 Å². The molecule has 1 aliphatic rings. The fourth-order valence-corrected chi connectivity index (χ4v) is 3.50. The van der Waals surface area contributed by atoms with Gasteiger partial charge in [0.25, 0.3) is 5.91 Å². The highest BCUT2D eigenvalue weighted by Crippen LogP contribution is 2.38. The van der Waals surface area contributed by atoms with Gasteiger partial charge in [-0.3, -0.25) is 9.59 Å². The molecule has 1 aliphatic heterocycles. The summed E-state index contributed by atoms with van der Waals surface area (Å²) in [5, 5.41) is 2.94. The lowest BCUT2D eigenvalue weighted by Gasteiger charge is -2.25. The van der Waals surface area contributed by atoms with E-state index >= 15 is 0 Å². The molecule has 0 saturated heterocycles. The molecule has 1 heterocycles. The molecular formula is C20H20BrNO5. The van der Waals surface area contributed by atoms with E-state index in [9.17, 15) is 9.59 Å². The first-order chi connectivity index (χ1) is 13.0. The number of hydrogen-bond acceptors (Lipinski definition) is 5. The van der Waals surface area contributed by atoms with Gasteiger partial charge in [0, 0.05) is 5.56 Å². The van der Waals surface area contributed by atoms with E-state index in [4.69, 9.17) is 14.2 Å². The Morgan fingerprint density at radius 3 is 2.56 bits per heavy atom. The van der Waals surface area contributed by atoms with Crippen LogP contribution < -0.4 is 14.8 Å². The summed E-state index contributed by atoms with van der Waals surface area (Å²) in [6.07, 6.45) is 0. The molecule has 0 saturated carbocycles.